The number of amides is 1. The van der Waals surface area contributed by atoms with Gasteiger partial charge in [-0.3, -0.25) is 4.79 Å². The second-order valence-electron chi connectivity index (χ2n) is 8.90. The number of benzene rings is 4. The average Bonchev–Trinajstić information content (AvgIpc) is 3.43. The predicted molar refractivity (Wildman–Crippen MR) is 164 cm³/mol. The summed E-state index contributed by atoms with van der Waals surface area (Å²) in [6.07, 6.45) is 1.52. The van der Waals surface area contributed by atoms with Gasteiger partial charge >= 0.3 is 0 Å². The monoisotopic (exact) mass is 586 g/mol. The van der Waals surface area contributed by atoms with E-state index in [1.807, 2.05) is 73.0 Å². The van der Waals surface area contributed by atoms with Crippen molar-refractivity contribution in [3.05, 3.63) is 129 Å². The van der Waals surface area contributed by atoms with Crippen molar-refractivity contribution in [2.75, 3.05) is 5.32 Å². The van der Waals surface area contributed by atoms with Crippen molar-refractivity contribution in [1.82, 2.24) is 10.4 Å². The molecule has 4 aromatic carbocycles. The minimum atomic E-state index is -0.338. The number of rotatable bonds is 9. The summed E-state index contributed by atoms with van der Waals surface area (Å²) in [7, 11) is 0. The Balaban J connectivity index is 1.19. The van der Waals surface area contributed by atoms with Crippen LogP contribution in [0.5, 0.6) is 5.75 Å². The van der Waals surface area contributed by atoms with Gasteiger partial charge in [0.1, 0.15) is 12.4 Å². The summed E-state index contributed by atoms with van der Waals surface area (Å²) < 4.78 is 5.98. The Bertz CT molecular complexity index is 1630. The molecule has 9 heteroatoms. The van der Waals surface area contributed by atoms with Crippen LogP contribution in [0.25, 0.3) is 11.3 Å². The third kappa shape index (κ3) is 7.27. The zero-order valence-corrected chi connectivity index (χ0v) is 23.7. The first-order valence-corrected chi connectivity index (χ1v) is 14.0. The zero-order valence-electron chi connectivity index (χ0n) is 21.4. The second-order valence-corrected chi connectivity index (χ2v) is 10.6. The molecule has 0 unspecified atom stereocenters. The molecular weight excluding hydrogens is 563 g/mol. The van der Waals surface area contributed by atoms with Gasteiger partial charge in [0.2, 0.25) is 0 Å². The fraction of sp³-hybridized carbons (Fsp3) is 0.0645. The minimum Gasteiger partial charge on any atom is -0.488 e. The fourth-order valence-corrected chi connectivity index (χ4v) is 4.78. The lowest BCUT2D eigenvalue weighted by molar-refractivity contribution is 0.0955. The Labute approximate surface area is 246 Å². The third-order valence-corrected chi connectivity index (χ3v) is 7.14. The first-order chi connectivity index (χ1) is 19.4. The van der Waals surface area contributed by atoms with Gasteiger partial charge in [-0.15, -0.1) is 11.3 Å². The van der Waals surface area contributed by atoms with Gasteiger partial charge in [0.15, 0.2) is 5.13 Å². The first kappa shape index (κ1) is 27.4. The lowest BCUT2D eigenvalue weighted by atomic mass is 10.1. The standard InChI is InChI=1S/C31H24Cl2N4O2S/c1-20-2-4-21(5-3-20)18-39-29-15-12-26(33)16-24(29)17-34-37-30(38)23-8-6-22(7-9-23)28-19-40-31(36-28)35-27-13-10-25(32)11-14-27/h2-17,19H,18H2,1H3,(H,35,36)(H,37,38)/b34-17-. The van der Waals surface area contributed by atoms with Crippen molar-refractivity contribution in [3.8, 4) is 17.0 Å². The first-order valence-electron chi connectivity index (χ1n) is 12.3. The molecule has 0 radical (unpaired) electrons. The van der Waals surface area contributed by atoms with E-state index in [1.54, 1.807) is 30.3 Å². The van der Waals surface area contributed by atoms with E-state index in [-0.39, 0.29) is 5.91 Å². The zero-order chi connectivity index (χ0) is 27.9. The van der Waals surface area contributed by atoms with E-state index in [9.17, 15) is 4.79 Å². The molecule has 5 rings (SSSR count). The van der Waals surface area contributed by atoms with Gasteiger partial charge in [-0.2, -0.15) is 5.10 Å². The van der Waals surface area contributed by atoms with Crippen LogP contribution < -0.4 is 15.5 Å². The van der Waals surface area contributed by atoms with Crippen molar-refractivity contribution >= 4 is 57.5 Å². The molecule has 0 bridgehead atoms. The van der Waals surface area contributed by atoms with E-state index in [0.717, 1.165) is 27.6 Å². The predicted octanol–water partition coefficient (Wildman–Crippen LogP) is 8.51. The highest BCUT2D eigenvalue weighted by Crippen LogP contribution is 2.28. The molecule has 0 aliphatic rings. The van der Waals surface area contributed by atoms with Crippen LogP contribution in [0.1, 0.15) is 27.0 Å². The van der Waals surface area contributed by atoms with Crippen molar-refractivity contribution < 1.29 is 9.53 Å². The van der Waals surface area contributed by atoms with Crippen molar-refractivity contribution in [3.63, 3.8) is 0 Å². The molecule has 40 heavy (non-hydrogen) atoms. The Morgan fingerprint density at radius 2 is 1.68 bits per heavy atom. The molecule has 1 amide bonds. The van der Waals surface area contributed by atoms with E-state index in [4.69, 9.17) is 27.9 Å². The SMILES string of the molecule is Cc1ccc(COc2ccc(Cl)cc2/C=N\NC(=O)c2ccc(-c3csc(Nc4ccc(Cl)cc4)n3)cc2)cc1. The van der Waals surface area contributed by atoms with Gasteiger partial charge in [0.05, 0.1) is 11.9 Å². The summed E-state index contributed by atoms with van der Waals surface area (Å²) >= 11 is 13.6. The van der Waals surface area contributed by atoms with Crippen LogP contribution in [-0.4, -0.2) is 17.1 Å². The van der Waals surface area contributed by atoms with Crippen LogP contribution in [0.4, 0.5) is 10.8 Å². The normalized spacial score (nSPS) is 11.0. The quantitative estimate of drug-likeness (QED) is 0.134. The maximum atomic E-state index is 12.7. The number of aromatic nitrogens is 1. The lowest BCUT2D eigenvalue weighted by Crippen LogP contribution is -2.17. The van der Waals surface area contributed by atoms with Crippen LogP contribution in [-0.2, 0) is 6.61 Å². The molecule has 200 valence electrons. The molecule has 0 aliphatic heterocycles. The molecule has 0 aliphatic carbocycles. The van der Waals surface area contributed by atoms with Gasteiger partial charge in [0, 0.05) is 37.8 Å². The molecule has 6 nitrogen and oxygen atoms in total. The number of hydrogen-bond acceptors (Lipinski definition) is 6. The molecule has 0 fully saturated rings. The largest absolute Gasteiger partial charge is 0.488 e. The highest BCUT2D eigenvalue weighted by Gasteiger charge is 2.09. The smallest absolute Gasteiger partial charge is 0.271 e. The van der Waals surface area contributed by atoms with Crippen molar-refractivity contribution in [2.24, 2.45) is 5.10 Å². The van der Waals surface area contributed by atoms with E-state index >= 15 is 0 Å². The number of nitrogens with zero attached hydrogens (tertiary/aromatic N) is 2. The Morgan fingerprint density at radius 1 is 0.950 bits per heavy atom. The molecule has 0 saturated carbocycles. The molecule has 2 N–H and O–H groups in total. The molecular formula is C31H24Cl2N4O2S. The van der Waals surface area contributed by atoms with Crippen LogP contribution in [0, 0.1) is 6.92 Å². The van der Waals surface area contributed by atoms with Crippen LogP contribution >= 0.6 is 34.5 Å². The number of carbonyl (C=O) groups is 1. The Morgan fingerprint density at radius 3 is 2.42 bits per heavy atom. The summed E-state index contributed by atoms with van der Waals surface area (Å²) in [5.74, 6) is 0.274. The fourth-order valence-electron chi connectivity index (χ4n) is 3.73. The van der Waals surface area contributed by atoms with Crippen molar-refractivity contribution in [2.45, 2.75) is 13.5 Å². The number of ether oxygens (including phenoxy) is 1. The van der Waals surface area contributed by atoms with Gasteiger partial charge in [-0.05, 0) is 67.1 Å². The number of hydrazone groups is 1. The molecule has 0 spiro atoms. The summed E-state index contributed by atoms with van der Waals surface area (Å²) in [5.41, 5.74) is 8.54. The summed E-state index contributed by atoms with van der Waals surface area (Å²) in [6, 6.07) is 28.0. The molecule has 1 heterocycles. The second kappa shape index (κ2) is 12.8. The van der Waals surface area contributed by atoms with Crippen molar-refractivity contribution in [1.29, 1.82) is 0 Å². The van der Waals surface area contributed by atoms with E-state index < -0.39 is 0 Å². The maximum Gasteiger partial charge on any atom is 0.271 e. The lowest BCUT2D eigenvalue weighted by Gasteiger charge is -2.10. The Hall–Kier alpha value is -4.17. The number of aryl methyl sites for hydroxylation is 1. The summed E-state index contributed by atoms with van der Waals surface area (Å²) in [5, 5.41) is 11.3. The summed E-state index contributed by atoms with van der Waals surface area (Å²) in [6.45, 7) is 2.44. The van der Waals surface area contributed by atoms with Gasteiger partial charge in [0.25, 0.3) is 5.91 Å². The summed E-state index contributed by atoms with van der Waals surface area (Å²) in [4.78, 5) is 17.3. The van der Waals surface area contributed by atoms with Crippen LogP contribution in [0.15, 0.2) is 101 Å². The topological polar surface area (TPSA) is 75.6 Å². The molecule has 5 aromatic rings. The van der Waals surface area contributed by atoms with Gasteiger partial charge in [-0.1, -0.05) is 65.2 Å². The molecule has 1 aromatic heterocycles. The van der Waals surface area contributed by atoms with Crippen LogP contribution in [0.3, 0.4) is 0 Å². The highest BCUT2D eigenvalue weighted by molar-refractivity contribution is 7.14. The highest BCUT2D eigenvalue weighted by atomic mass is 35.5. The van der Waals surface area contributed by atoms with E-state index in [1.165, 1.54) is 23.1 Å². The van der Waals surface area contributed by atoms with E-state index in [2.05, 4.69) is 20.8 Å². The molecule has 0 atom stereocenters. The van der Waals surface area contributed by atoms with Gasteiger partial charge < -0.3 is 10.1 Å². The maximum absolute atomic E-state index is 12.7. The minimum absolute atomic E-state index is 0.338. The number of thiazole rings is 1. The molecule has 0 saturated heterocycles. The number of hydrogen-bond donors (Lipinski definition) is 2. The number of nitrogens with one attached hydrogen (secondary N) is 2. The number of halogens is 2. The third-order valence-electron chi connectivity index (χ3n) is 5.90. The Kier molecular flexibility index (Phi) is 8.76. The van der Waals surface area contributed by atoms with Gasteiger partial charge in [-0.25, -0.2) is 10.4 Å². The van der Waals surface area contributed by atoms with Crippen LogP contribution in [0.2, 0.25) is 10.0 Å². The van der Waals surface area contributed by atoms with E-state index in [0.29, 0.717) is 33.5 Å². The average molecular weight is 588 g/mol. The number of carbonyl (C=O) groups excluding carboxylic acids is 1. The number of anilines is 2.